The molecule has 0 unspecified atom stereocenters. The van der Waals surface area contributed by atoms with Crippen molar-refractivity contribution < 1.29 is 0 Å². The SMILES string of the molecule is Cc1ccnc(Cc2c(=O)[nH]c(=S)[nH]c2[C@H]2CC[C@H](c3ccccc3)CC2)c1. The quantitative estimate of drug-likeness (QED) is 0.603. The van der Waals surface area contributed by atoms with Crippen LogP contribution >= 0.6 is 12.2 Å². The van der Waals surface area contributed by atoms with Crippen LogP contribution in [0.2, 0.25) is 0 Å². The Morgan fingerprint density at radius 1 is 1.04 bits per heavy atom. The van der Waals surface area contributed by atoms with Crippen LogP contribution in [-0.4, -0.2) is 15.0 Å². The van der Waals surface area contributed by atoms with Gasteiger partial charge in [0.2, 0.25) is 0 Å². The van der Waals surface area contributed by atoms with E-state index in [4.69, 9.17) is 12.2 Å². The standard InChI is InChI=1S/C23H25N3OS/c1-15-11-12-24-19(13-15)14-20-21(25-23(28)26-22(20)27)18-9-7-17(8-10-18)16-5-3-2-4-6-16/h2-6,11-13,17-18H,7-10,14H2,1H3,(H2,25,26,27,28)/t17-,18-. The van der Waals surface area contributed by atoms with Crippen LogP contribution in [-0.2, 0) is 6.42 Å². The summed E-state index contributed by atoms with van der Waals surface area (Å²) < 4.78 is 0.408. The molecule has 0 bridgehead atoms. The van der Waals surface area contributed by atoms with Gasteiger partial charge in [0.05, 0.1) is 0 Å². The van der Waals surface area contributed by atoms with Crippen LogP contribution in [0.4, 0.5) is 0 Å². The summed E-state index contributed by atoms with van der Waals surface area (Å²) in [5, 5.41) is 0. The van der Waals surface area contributed by atoms with Gasteiger partial charge in [-0.15, -0.1) is 0 Å². The molecule has 2 heterocycles. The molecular weight excluding hydrogens is 366 g/mol. The van der Waals surface area contributed by atoms with Gasteiger partial charge in [-0.3, -0.25) is 14.8 Å². The van der Waals surface area contributed by atoms with Gasteiger partial charge in [-0.2, -0.15) is 0 Å². The maximum Gasteiger partial charge on any atom is 0.255 e. The van der Waals surface area contributed by atoms with E-state index in [0.717, 1.165) is 48.2 Å². The van der Waals surface area contributed by atoms with E-state index in [1.54, 1.807) is 6.20 Å². The van der Waals surface area contributed by atoms with Crippen molar-refractivity contribution in [2.45, 2.75) is 50.9 Å². The van der Waals surface area contributed by atoms with E-state index in [1.807, 2.05) is 19.1 Å². The number of rotatable bonds is 4. The number of aryl methyl sites for hydroxylation is 1. The molecule has 0 aliphatic heterocycles. The Morgan fingerprint density at radius 3 is 2.46 bits per heavy atom. The number of aromatic amines is 2. The van der Waals surface area contributed by atoms with Crippen LogP contribution in [0.15, 0.2) is 53.5 Å². The highest BCUT2D eigenvalue weighted by Crippen LogP contribution is 2.40. The van der Waals surface area contributed by atoms with Crippen molar-refractivity contribution in [3.05, 3.63) is 91.9 Å². The first-order valence-corrected chi connectivity index (χ1v) is 10.3. The van der Waals surface area contributed by atoms with Gasteiger partial charge in [-0.05, 0) is 79.9 Å². The van der Waals surface area contributed by atoms with Crippen molar-refractivity contribution >= 4 is 12.2 Å². The minimum Gasteiger partial charge on any atom is -0.335 e. The highest BCUT2D eigenvalue weighted by molar-refractivity contribution is 7.71. The van der Waals surface area contributed by atoms with E-state index in [0.29, 0.717) is 23.0 Å². The molecular formula is C23H25N3OS. The lowest BCUT2D eigenvalue weighted by Gasteiger charge is -2.29. The smallest absolute Gasteiger partial charge is 0.255 e. The lowest BCUT2D eigenvalue weighted by Crippen LogP contribution is -2.23. The molecule has 1 aliphatic rings. The molecule has 4 nitrogen and oxygen atoms in total. The fourth-order valence-corrected chi connectivity index (χ4v) is 4.57. The molecule has 2 N–H and O–H groups in total. The Kier molecular flexibility index (Phi) is 5.53. The van der Waals surface area contributed by atoms with Gasteiger partial charge < -0.3 is 4.98 Å². The second kappa shape index (κ2) is 8.23. The third kappa shape index (κ3) is 4.14. The van der Waals surface area contributed by atoms with Crippen LogP contribution in [0.5, 0.6) is 0 Å². The number of hydrogen-bond acceptors (Lipinski definition) is 3. The third-order valence-electron chi connectivity index (χ3n) is 5.81. The van der Waals surface area contributed by atoms with Crippen molar-refractivity contribution in [1.82, 2.24) is 15.0 Å². The summed E-state index contributed by atoms with van der Waals surface area (Å²) in [5.41, 5.74) is 5.17. The Morgan fingerprint density at radius 2 is 1.75 bits per heavy atom. The zero-order valence-electron chi connectivity index (χ0n) is 16.1. The third-order valence-corrected chi connectivity index (χ3v) is 6.01. The van der Waals surface area contributed by atoms with Gasteiger partial charge in [0.1, 0.15) is 0 Å². The largest absolute Gasteiger partial charge is 0.335 e. The summed E-state index contributed by atoms with van der Waals surface area (Å²) in [4.78, 5) is 23.2. The molecule has 0 saturated heterocycles. The molecule has 1 aliphatic carbocycles. The van der Waals surface area contributed by atoms with Crippen LogP contribution in [0.3, 0.4) is 0 Å². The number of H-pyrrole nitrogens is 2. The molecule has 1 aromatic carbocycles. The van der Waals surface area contributed by atoms with Gasteiger partial charge in [-0.25, -0.2) is 0 Å². The molecule has 0 radical (unpaired) electrons. The predicted molar refractivity (Wildman–Crippen MR) is 114 cm³/mol. The molecule has 0 spiro atoms. The van der Waals surface area contributed by atoms with E-state index >= 15 is 0 Å². The van der Waals surface area contributed by atoms with Crippen molar-refractivity contribution in [3.8, 4) is 0 Å². The first-order chi connectivity index (χ1) is 13.6. The van der Waals surface area contributed by atoms with Crippen molar-refractivity contribution in [3.63, 3.8) is 0 Å². The molecule has 3 aromatic rings. The van der Waals surface area contributed by atoms with Crippen molar-refractivity contribution in [1.29, 1.82) is 0 Å². The summed E-state index contributed by atoms with van der Waals surface area (Å²) in [7, 11) is 0. The van der Waals surface area contributed by atoms with E-state index in [-0.39, 0.29) is 5.56 Å². The molecule has 0 amide bonds. The molecule has 28 heavy (non-hydrogen) atoms. The topological polar surface area (TPSA) is 61.5 Å². The number of benzene rings is 1. The van der Waals surface area contributed by atoms with Gasteiger partial charge in [0.15, 0.2) is 4.77 Å². The Labute approximate surface area is 170 Å². The van der Waals surface area contributed by atoms with Crippen LogP contribution < -0.4 is 5.56 Å². The maximum atomic E-state index is 12.7. The molecule has 5 heteroatoms. The van der Waals surface area contributed by atoms with E-state index in [9.17, 15) is 4.79 Å². The Bertz CT molecular complexity index is 1060. The Hall–Kier alpha value is -2.53. The minimum atomic E-state index is -0.0905. The minimum absolute atomic E-state index is 0.0905. The van der Waals surface area contributed by atoms with Crippen LogP contribution in [0.1, 0.15) is 65.6 Å². The highest BCUT2D eigenvalue weighted by atomic mass is 32.1. The zero-order chi connectivity index (χ0) is 19.5. The number of nitrogens with zero attached hydrogens (tertiary/aromatic N) is 1. The maximum absolute atomic E-state index is 12.7. The number of hydrogen-bond donors (Lipinski definition) is 2. The first kappa shape index (κ1) is 18.8. The highest BCUT2D eigenvalue weighted by Gasteiger charge is 2.26. The number of pyridine rings is 1. The summed E-state index contributed by atoms with van der Waals surface area (Å²) in [6.07, 6.45) is 6.70. The fourth-order valence-electron chi connectivity index (χ4n) is 4.37. The lowest BCUT2D eigenvalue weighted by molar-refractivity contribution is 0.389. The summed E-state index contributed by atoms with van der Waals surface area (Å²) >= 11 is 5.27. The second-order valence-electron chi connectivity index (χ2n) is 7.76. The van der Waals surface area contributed by atoms with Gasteiger partial charge in [-0.1, -0.05) is 30.3 Å². The molecule has 0 atom stereocenters. The number of nitrogens with one attached hydrogen (secondary N) is 2. The van der Waals surface area contributed by atoms with E-state index in [2.05, 4.69) is 45.3 Å². The molecule has 1 fully saturated rings. The summed E-state index contributed by atoms with van der Waals surface area (Å²) in [5.74, 6) is 0.938. The fraction of sp³-hybridized carbons (Fsp3) is 0.348. The van der Waals surface area contributed by atoms with E-state index in [1.165, 1.54) is 5.56 Å². The molecule has 4 rings (SSSR count). The number of aromatic nitrogens is 3. The Balaban J connectivity index is 1.59. The monoisotopic (exact) mass is 391 g/mol. The van der Waals surface area contributed by atoms with Gasteiger partial charge in [0, 0.05) is 29.6 Å². The van der Waals surface area contributed by atoms with Gasteiger partial charge in [0.25, 0.3) is 5.56 Å². The zero-order valence-corrected chi connectivity index (χ0v) is 16.9. The predicted octanol–water partition coefficient (Wildman–Crippen LogP) is 5.17. The van der Waals surface area contributed by atoms with Crippen molar-refractivity contribution in [2.24, 2.45) is 0 Å². The molecule has 2 aromatic heterocycles. The first-order valence-electron chi connectivity index (χ1n) is 9.92. The summed E-state index contributed by atoms with van der Waals surface area (Å²) in [6, 6.07) is 14.7. The van der Waals surface area contributed by atoms with E-state index < -0.39 is 0 Å². The molecule has 144 valence electrons. The average Bonchev–Trinajstić information content (AvgIpc) is 2.71. The summed E-state index contributed by atoms with van der Waals surface area (Å²) in [6.45, 7) is 2.04. The molecule has 1 saturated carbocycles. The van der Waals surface area contributed by atoms with Crippen molar-refractivity contribution in [2.75, 3.05) is 0 Å². The van der Waals surface area contributed by atoms with Crippen LogP contribution in [0, 0.1) is 11.7 Å². The van der Waals surface area contributed by atoms with Crippen LogP contribution in [0.25, 0.3) is 0 Å². The normalized spacial score (nSPS) is 19.5. The van der Waals surface area contributed by atoms with Gasteiger partial charge >= 0.3 is 0 Å². The lowest BCUT2D eigenvalue weighted by atomic mass is 9.76. The second-order valence-corrected chi connectivity index (χ2v) is 8.17. The average molecular weight is 392 g/mol.